The fourth-order valence-electron chi connectivity index (χ4n) is 3.81. The van der Waals surface area contributed by atoms with Crippen LogP contribution in [0.2, 0.25) is 10.0 Å². The van der Waals surface area contributed by atoms with Crippen LogP contribution in [0.5, 0.6) is 11.6 Å². The number of H-pyrrole nitrogens is 1. The van der Waals surface area contributed by atoms with Gasteiger partial charge in [0.2, 0.25) is 11.8 Å². The molecule has 1 aliphatic heterocycles. The summed E-state index contributed by atoms with van der Waals surface area (Å²) in [6.07, 6.45) is 1.69. The van der Waals surface area contributed by atoms with Crippen LogP contribution in [-0.2, 0) is 13.0 Å². The van der Waals surface area contributed by atoms with E-state index in [2.05, 4.69) is 23.2 Å². The van der Waals surface area contributed by atoms with Crippen LogP contribution in [0, 0.1) is 22.7 Å². The molecular formula is C23H20Cl2N4O2. The number of benzene rings is 2. The smallest absolute Gasteiger partial charge is 0.243 e. The quantitative estimate of drug-likeness (QED) is 0.485. The van der Waals surface area contributed by atoms with Crippen molar-refractivity contribution in [2.45, 2.75) is 32.3 Å². The lowest BCUT2D eigenvalue weighted by Gasteiger charge is -2.28. The number of hydrogen-bond donors (Lipinski definition) is 2. The van der Waals surface area contributed by atoms with Gasteiger partial charge in [0.15, 0.2) is 0 Å². The molecule has 0 bridgehead atoms. The molecule has 2 unspecified atom stereocenters. The maximum atomic E-state index is 9.80. The van der Waals surface area contributed by atoms with Gasteiger partial charge >= 0.3 is 0 Å². The average Bonchev–Trinajstić information content (AvgIpc) is 3.15. The zero-order chi connectivity index (χ0) is 22.0. The third-order valence-corrected chi connectivity index (χ3v) is 5.99. The highest BCUT2D eigenvalue weighted by molar-refractivity contribution is 6.35. The van der Waals surface area contributed by atoms with E-state index in [1.54, 1.807) is 18.2 Å². The van der Waals surface area contributed by atoms with Crippen LogP contribution in [0.4, 0.5) is 0 Å². The van der Waals surface area contributed by atoms with Crippen molar-refractivity contribution in [2.75, 3.05) is 0 Å². The molecule has 2 atom stereocenters. The molecule has 31 heavy (non-hydrogen) atoms. The van der Waals surface area contributed by atoms with Crippen LogP contribution in [0.3, 0.4) is 0 Å². The van der Waals surface area contributed by atoms with Crippen molar-refractivity contribution >= 4 is 29.1 Å². The van der Waals surface area contributed by atoms with Gasteiger partial charge in [0.25, 0.3) is 0 Å². The molecule has 3 aromatic rings. The van der Waals surface area contributed by atoms with Crippen LogP contribution < -0.4 is 9.47 Å². The van der Waals surface area contributed by atoms with Gasteiger partial charge in [-0.15, -0.1) is 5.10 Å². The Labute approximate surface area is 190 Å². The van der Waals surface area contributed by atoms with E-state index >= 15 is 0 Å². The number of rotatable bonds is 6. The van der Waals surface area contributed by atoms with Gasteiger partial charge < -0.3 is 9.47 Å². The first kappa shape index (κ1) is 21.2. The van der Waals surface area contributed by atoms with Gasteiger partial charge in [-0.1, -0.05) is 54.7 Å². The molecule has 6 nitrogen and oxygen atoms in total. The van der Waals surface area contributed by atoms with Crippen LogP contribution in [0.15, 0.2) is 42.5 Å². The fourth-order valence-corrected chi connectivity index (χ4v) is 4.31. The second-order valence-corrected chi connectivity index (χ2v) is 8.10. The number of halogens is 2. The van der Waals surface area contributed by atoms with Gasteiger partial charge in [-0.05, 0) is 36.2 Å². The third-order valence-electron chi connectivity index (χ3n) is 5.28. The van der Waals surface area contributed by atoms with Gasteiger partial charge in [-0.25, -0.2) is 0 Å². The summed E-state index contributed by atoms with van der Waals surface area (Å²) in [6, 6.07) is 15.1. The minimum absolute atomic E-state index is 0.108. The molecular weight excluding hydrogens is 435 g/mol. The number of ether oxygens (including phenoxy) is 2. The van der Waals surface area contributed by atoms with Gasteiger partial charge in [-0.2, -0.15) is 5.26 Å². The van der Waals surface area contributed by atoms with E-state index in [-0.39, 0.29) is 18.4 Å². The zero-order valence-corrected chi connectivity index (χ0v) is 18.3. The summed E-state index contributed by atoms with van der Waals surface area (Å²) in [7, 11) is 0. The fraction of sp³-hybridized carbons (Fsp3) is 0.261. The van der Waals surface area contributed by atoms with Crippen molar-refractivity contribution < 1.29 is 9.47 Å². The number of hydrogen-bond acceptors (Lipinski definition) is 5. The molecule has 0 radical (unpaired) electrons. The maximum Gasteiger partial charge on any atom is 0.243 e. The summed E-state index contributed by atoms with van der Waals surface area (Å²) in [5.41, 5.74) is 3.31. The van der Waals surface area contributed by atoms with Crippen molar-refractivity contribution in [1.29, 1.82) is 10.7 Å². The van der Waals surface area contributed by atoms with E-state index in [4.69, 9.17) is 38.1 Å². The van der Waals surface area contributed by atoms with Crippen molar-refractivity contribution in [3.8, 4) is 17.7 Å². The highest BCUT2D eigenvalue weighted by Gasteiger charge is 2.40. The lowest BCUT2D eigenvalue weighted by atomic mass is 9.79. The van der Waals surface area contributed by atoms with E-state index in [0.29, 0.717) is 27.2 Å². The second-order valence-electron chi connectivity index (χ2n) is 7.28. The number of aryl methyl sites for hydroxylation is 1. The Bertz CT molecular complexity index is 1150. The van der Waals surface area contributed by atoms with E-state index < -0.39 is 5.92 Å². The Morgan fingerprint density at radius 1 is 1.23 bits per heavy atom. The van der Waals surface area contributed by atoms with Crippen LogP contribution in [0.1, 0.15) is 41.6 Å². The highest BCUT2D eigenvalue weighted by Crippen LogP contribution is 2.43. The Hall–Kier alpha value is -3.01. The molecule has 4 rings (SSSR count). The topological polar surface area (TPSA) is 94.8 Å². The number of aromatic amines is 1. The van der Waals surface area contributed by atoms with Crippen LogP contribution >= 0.6 is 23.2 Å². The number of fused-ring (bicyclic) bond motifs is 1. The molecule has 2 N–H and O–H groups in total. The SMILES string of the molecule is CCCc1[nH]nc2c1C(c1cccc(OCc3c(Cl)cccc3Cl)c1)C(C#N)C(=N)O2. The molecule has 158 valence electrons. The summed E-state index contributed by atoms with van der Waals surface area (Å²) >= 11 is 12.5. The maximum absolute atomic E-state index is 9.80. The predicted octanol–water partition coefficient (Wildman–Crippen LogP) is 5.89. The number of nitrogens with zero attached hydrogens (tertiary/aromatic N) is 2. The second kappa shape index (κ2) is 9.01. The van der Waals surface area contributed by atoms with E-state index in [0.717, 1.165) is 29.7 Å². The Morgan fingerprint density at radius 3 is 2.68 bits per heavy atom. The molecule has 1 aliphatic rings. The number of nitriles is 1. The minimum Gasteiger partial charge on any atom is -0.489 e. The highest BCUT2D eigenvalue weighted by atomic mass is 35.5. The zero-order valence-electron chi connectivity index (χ0n) is 16.8. The van der Waals surface area contributed by atoms with Crippen molar-refractivity contribution in [1.82, 2.24) is 10.2 Å². The lowest BCUT2D eigenvalue weighted by molar-refractivity contribution is 0.306. The Morgan fingerprint density at radius 2 is 1.97 bits per heavy atom. The van der Waals surface area contributed by atoms with E-state index in [1.165, 1.54) is 0 Å². The molecule has 2 heterocycles. The summed E-state index contributed by atoms with van der Waals surface area (Å²) in [4.78, 5) is 0. The van der Waals surface area contributed by atoms with Gasteiger partial charge in [0.1, 0.15) is 18.3 Å². The predicted molar refractivity (Wildman–Crippen MR) is 119 cm³/mol. The number of nitrogens with one attached hydrogen (secondary N) is 2. The standard InChI is InChI=1S/C23H20Cl2N4O2/c1-2-5-19-21-20(15(11-26)22(27)31-23(21)29-28-19)13-6-3-7-14(10-13)30-12-16-17(24)8-4-9-18(16)25/h3-4,6-10,15,20,27H,2,5,12H2,1H3,(H,28,29). The van der Waals surface area contributed by atoms with Crippen LogP contribution in [-0.4, -0.2) is 16.1 Å². The normalized spacial score (nSPS) is 17.5. The Balaban J connectivity index is 1.68. The van der Waals surface area contributed by atoms with Gasteiger partial charge in [0.05, 0.1) is 6.07 Å². The summed E-state index contributed by atoms with van der Waals surface area (Å²) in [5, 5.41) is 26.3. The molecule has 2 aromatic carbocycles. The number of aromatic nitrogens is 2. The van der Waals surface area contributed by atoms with Crippen molar-refractivity contribution in [3.63, 3.8) is 0 Å². The van der Waals surface area contributed by atoms with Crippen molar-refractivity contribution in [2.24, 2.45) is 5.92 Å². The Kier molecular flexibility index (Phi) is 6.17. The largest absolute Gasteiger partial charge is 0.489 e. The molecule has 0 aliphatic carbocycles. The first-order valence-corrected chi connectivity index (χ1v) is 10.7. The molecule has 0 saturated heterocycles. The van der Waals surface area contributed by atoms with E-state index in [9.17, 15) is 5.26 Å². The lowest BCUT2D eigenvalue weighted by Crippen LogP contribution is -2.31. The van der Waals surface area contributed by atoms with Gasteiger partial charge in [0, 0.05) is 32.8 Å². The molecule has 0 spiro atoms. The minimum atomic E-state index is -0.756. The molecule has 1 aromatic heterocycles. The average molecular weight is 455 g/mol. The monoisotopic (exact) mass is 454 g/mol. The van der Waals surface area contributed by atoms with E-state index in [1.807, 2.05) is 24.3 Å². The third kappa shape index (κ3) is 4.12. The molecule has 0 fully saturated rings. The van der Waals surface area contributed by atoms with Gasteiger partial charge in [-0.3, -0.25) is 10.5 Å². The summed E-state index contributed by atoms with van der Waals surface area (Å²) in [6.45, 7) is 2.29. The summed E-state index contributed by atoms with van der Waals surface area (Å²) < 4.78 is 11.5. The van der Waals surface area contributed by atoms with Crippen molar-refractivity contribution in [3.05, 3.63) is 74.9 Å². The first-order chi connectivity index (χ1) is 15.0. The summed E-state index contributed by atoms with van der Waals surface area (Å²) in [5.74, 6) is -0.268. The van der Waals surface area contributed by atoms with Crippen LogP contribution in [0.25, 0.3) is 0 Å². The first-order valence-electron chi connectivity index (χ1n) is 9.92. The molecule has 8 heteroatoms. The molecule has 0 saturated carbocycles. The molecule has 0 amide bonds.